The number of nitrogens with one attached hydrogen (secondary N) is 1. The molecule has 1 aromatic carbocycles. The summed E-state index contributed by atoms with van der Waals surface area (Å²) in [7, 11) is 2.19. The Kier molecular flexibility index (Phi) is 6.53. The van der Waals surface area contributed by atoms with E-state index in [1.165, 1.54) is 44.7 Å². The fraction of sp³-hybridized carbons (Fsp3) is 0.632. The van der Waals surface area contributed by atoms with Crippen LogP contribution in [0, 0.1) is 0 Å². The van der Waals surface area contributed by atoms with Crippen molar-refractivity contribution in [1.82, 2.24) is 15.1 Å². The van der Waals surface area contributed by atoms with Crippen molar-refractivity contribution in [2.45, 2.75) is 25.3 Å². The van der Waals surface area contributed by atoms with E-state index in [4.69, 9.17) is 10.5 Å². The molecule has 25 heavy (non-hydrogen) atoms. The molecule has 6 nitrogen and oxygen atoms in total. The van der Waals surface area contributed by atoms with Gasteiger partial charge in [-0.15, -0.1) is 0 Å². The Labute approximate surface area is 151 Å². The van der Waals surface area contributed by atoms with Crippen molar-refractivity contribution in [3.8, 4) is 5.75 Å². The molecule has 2 heterocycles. The molecular weight excluding hydrogens is 314 g/mol. The first-order chi connectivity index (χ1) is 12.2. The van der Waals surface area contributed by atoms with Crippen LogP contribution >= 0.6 is 0 Å². The van der Waals surface area contributed by atoms with E-state index in [2.05, 4.69) is 33.2 Å². The maximum Gasteiger partial charge on any atom is 0.189 e. The van der Waals surface area contributed by atoms with Crippen molar-refractivity contribution < 1.29 is 4.74 Å². The third-order valence-electron chi connectivity index (χ3n) is 5.04. The molecule has 1 fully saturated rings. The predicted octanol–water partition coefficient (Wildman–Crippen LogP) is 1.44. The molecule has 0 amide bonds. The zero-order chi connectivity index (χ0) is 17.5. The van der Waals surface area contributed by atoms with Gasteiger partial charge in [-0.25, -0.2) is 0 Å². The maximum absolute atomic E-state index is 6.08. The van der Waals surface area contributed by atoms with Crippen molar-refractivity contribution >= 4 is 5.96 Å². The van der Waals surface area contributed by atoms with Crippen molar-refractivity contribution in [2.24, 2.45) is 10.7 Å². The Balaban J connectivity index is 1.37. The van der Waals surface area contributed by atoms with E-state index in [1.807, 2.05) is 18.2 Å². The van der Waals surface area contributed by atoms with Gasteiger partial charge in [0.15, 0.2) is 5.96 Å². The topological polar surface area (TPSA) is 66.1 Å². The Hall–Kier alpha value is -1.79. The largest absolute Gasteiger partial charge is 0.493 e. The normalized spacial score (nSPS) is 22.3. The highest BCUT2D eigenvalue weighted by Gasteiger charge is 2.21. The summed E-state index contributed by atoms with van der Waals surface area (Å²) < 4.78 is 5.68. The van der Waals surface area contributed by atoms with Gasteiger partial charge in [0.05, 0.1) is 12.6 Å². The molecule has 0 saturated carbocycles. The average molecular weight is 345 g/mol. The first-order valence-corrected chi connectivity index (χ1v) is 9.41. The second kappa shape index (κ2) is 9.06. The molecule has 138 valence electrons. The van der Waals surface area contributed by atoms with Gasteiger partial charge in [0.2, 0.25) is 0 Å². The molecule has 0 aliphatic carbocycles. The number of rotatable bonds is 6. The number of para-hydroxylation sites is 1. The van der Waals surface area contributed by atoms with E-state index in [0.717, 1.165) is 25.1 Å². The Morgan fingerprint density at radius 3 is 2.88 bits per heavy atom. The summed E-state index contributed by atoms with van der Waals surface area (Å²) in [5.74, 6) is 1.49. The maximum atomic E-state index is 6.08. The van der Waals surface area contributed by atoms with Gasteiger partial charge in [0, 0.05) is 44.7 Å². The van der Waals surface area contributed by atoms with Crippen LogP contribution < -0.4 is 15.8 Å². The lowest BCUT2D eigenvalue weighted by molar-refractivity contribution is 0.152. The van der Waals surface area contributed by atoms with Crippen LogP contribution in [0.3, 0.4) is 0 Å². The number of hydrogen-bond donors (Lipinski definition) is 2. The lowest BCUT2D eigenvalue weighted by Crippen LogP contribution is -2.44. The van der Waals surface area contributed by atoms with Crippen LogP contribution in [-0.2, 0) is 0 Å². The summed E-state index contributed by atoms with van der Waals surface area (Å²) in [5.41, 5.74) is 7.25. The van der Waals surface area contributed by atoms with Crippen LogP contribution in [0.25, 0.3) is 0 Å². The summed E-state index contributed by atoms with van der Waals surface area (Å²) in [4.78, 5) is 9.44. The molecule has 1 unspecified atom stereocenters. The molecule has 2 aliphatic heterocycles. The van der Waals surface area contributed by atoms with Gasteiger partial charge in [-0.2, -0.15) is 0 Å². The second-order valence-corrected chi connectivity index (χ2v) is 6.99. The quantitative estimate of drug-likeness (QED) is 0.464. The third-order valence-corrected chi connectivity index (χ3v) is 5.04. The number of unbranched alkanes of at least 4 members (excludes halogenated alkanes) is 1. The Morgan fingerprint density at radius 1 is 1.24 bits per heavy atom. The van der Waals surface area contributed by atoms with Crippen LogP contribution in [-0.4, -0.2) is 68.7 Å². The first kappa shape index (κ1) is 18.0. The molecular formula is C19H31N5O. The average Bonchev–Trinajstić information content (AvgIpc) is 2.63. The van der Waals surface area contributed by atoms with Gasteiger partial charge in [0.1, 0.15) is 5.75 Å². The van der Waals surface area contributed by atoms with Crippen LogP contribution in [0.4, 0.5) is 0 Å². The number of nitrogens with two attached hydrogens (primary N) is 1. The van der Waals surface area contributed by atoms with Gasteiger partial charge in [0.25, 0.3) is 0 Å². The van der Waals surface area contributed by atoms with Crippen molar-refractivity contribution in [1.29, 1.82) is 0 Å². The third kappa shape index (κ3) is 5.34. The molecule has 6 heteroatoms. The highest BCUT2D eigenvalue weighted by atomic mass is 16.5. The number of nitrogens with zero attached hydrogens (tertiary/aromatic N) is 3. The molecule has 0 spiro atoms. The van der Waals surface area contributed by atoms with E-state index in [0.29, 0.717) is 12.6 Å². The van der Waals surface area contributed by atoms with E-state index < -0.39 is 0 Å². The molecule has 1 saturated heterocycles. The lowest BCUT2D eigenvalue weighted by Gasteiger charge is -2.32. The van der Waals surface area contributed by atoms with Gasteiger partial charge in [-0.3, -0.25) is 4.99 Å². The SMILES string of the molecule is CN1CCN(CCCCN=C(N)NC2CCOc3ccccc32)CC1. The van der Waals surface area contributed by atoms with E-state index in [9.17, 15) is 0 Å². The molecule has 3 rings (SSSR count). The molecule has 0 aromatic heterocycles. The minimum absolute atomic E-state index is 0.194. The molecule has 2 aliphatic rings. The molecule has 3 N–H and O–H groups in total. The van der Waals surface area contributed by atoms with Gasteiger partial charge in [-0.05, 0) is 32.5 Å². The Morgan fingerprint density at radius 2 is 2.04 bits per heavy atom. The number of fused-ring (bicyclic) bond motifs is 1. The van der Waals surface area contributed by atoms with Crippen LogP contribution in [0.15, 0.2) is 29.3 Å². The summed E-state index contributed by atoms with van der Waals surface area (Å²) in [6.45, 7) is 7.41. The zero-order valence-corrected chi connectivity index (χ0v) is 15.3. The van der Waals surface area contributed by atoms with E-state index >= 15 is 0 Å². The summed E-state index contributed by atoms with van der Waals surface area (Å²) in [5, 5.41) is 3.35. The molecule has 0 bridgehead atoms. The van der Waals surface area contributed by atoms with Crippen molar-refractivity contribution in [3.63, 3.8) is 0 Å². The van der Waals surface area contributed by atoms with Crippen LogP contribution in [0.5, 0.6) is 5.75 Å². The monoisotopic (exact) mass is 345 g/mol. The number of guanidine groups is 1. The zero-order valence-electron chi connectivity index (χ0n) is 15.3. The highest BCUT2D eigenvalue weighted by Crippen LogP contribution is 2.31. The highest BCUT2D eigenvalue weighted by molar-refractivity contribution is 5.78. The van der Waals surface area contributed by atoms with Gasteiger partial charge >= 0.3 is 0 Å². The minimum Gasteiger partial charge on any atom is -0.493 e. The molecule has 1 aromatic rings. The second-order valence-electron chi connectivity index (χ2n) is 6.99. The number of likely N-dealkylation sites (N-methyl/N-ethyl adjacent to an activating group) is 1. The summed E-state index contributed by atoms with van der Waals surface area (Å²) >= 11 is 0. The number of benzene rings is 1. The number of piperazine rings is 1. The van der Waals surface area contributed by atoms with Gasteiger partial charge < -0.3 is 25.6 Å². The first-order valence-electron chi connectivity index (χ1n) is 9.41. The molecule has 0 radical (unpaired) electrons. The molecule has 1 atom stereocenters. The number of hydrogen-bond acceptors (Lipinski definition) is 4. The fourth-order valence-electron chi connectivity index (χ4n) is 3.43. The van der Waals surface area contributed by atoms with E-state index in [1.54, 1.807) is 0 Å². The minimum atomic E-state index is 0.194. The van der Waals surface area contributed by atoms with E-state index in [-0.39, 0.29) is 6.04 Å². The Bertz CT molecular complexity index is 569. The lowest BCUT2D eigenvalue weighted by atomic mass is 10.0. The van der Waals surface area contributed by atoms with Crippen LogP contribution in [0.1, 0.15) is 30.9 Å². The summed E-state index contributed by atoms with van der Waals surface area (Å²) in [6, 6.07) is 8.33. The number of ether oxygens (including phenoxy) is 1. The van der Waals surface area contributed by atoms with Crippen LogP contribution in [0.2, 0.25) is 0 Å². The predicted molar refractivity (Wildman–Crippen MR) is 102 cm³/mol. The standard InChI is InChI=1S/C19H31N5O/c1-23-11-13-24(14-12-23)10-5-4-9-21-19(20)22-17-8-15-25-18-7-3-2-6-16(17)18/h2-3,6-7,17H,4-5,8-15H2,1H3,(H3,20,21,22). The van der Waals surface area contributed by atoms with Gasteiger partial charge in [-0.1, -0.05) is 18.2 Å². The smallest absolute Gasteiger partial charge is 0.189 e. The fourth-order valence-corrected chi connectivity index (χ4v) is 3.43. The van der Waals surface area contributed by atoms with Crippen molar-refractivity contribution in [2.75, 3.05) is 52.9 Å². The number of aliphatic imine (C=N–C) groups is 1. The summed E-state index contributed by atoms with van der Waals surface area (Å²) in [6.07, 6.45) is 3.18. The van der Waals surface area contributed by atoms with Crippen molar-refractivity contribution in [3.05, 3.63) is 29.8 Å².